The highest BCUT2D eigenvalue weighted by molar-refractivity contribution is 6.30. The zero-order valence-corrected chi connectivity index (χ0v) is 17.1. The number of ether oxygens (including phenoxy) is 2. The monoisotopic (exact) mass is 409 g/mol. The third-order valence-electron chi connectivity index (χ3n) is 4.56. The quantitative estimate of drug-likeness (QED) is 0.604. The third kappa shape index (κ3) is 4.58. The molecule has 2 aromatic carbocycles. The molecule has 3 rings (SSSR count). The lowest BCUT2D eigenvalue weighted by molar-refractivity contribution is -0.118. The minimum Gasteiger partial charge on any atom is -0.497 e. The van der Waals surface area contributed by atoms with Gasteiger partial charge in [0.2, 0.25) is 5.91 Å². The summed E-state index contributed by atoms with van der Waals surface area (Å²) in [6.45, 7) is 1.98. The van der Waals surface area contributed by atoms with Gasteiger partial charge in [-0.05, 0) is 42.3 Å². The van der Waals surface area contributed by atoms with E-state index in [0.29, 0.717) is 22.7 Å². The maximum absolute atomic E-state index is 12.7. The first-order valence-electron chi connectivity index (χ1n) is 8.93. The second-order valence-electron chi connectivity index (χ2n) is 6.58. The van der Waals surface area contributed by atoms with Crippen molar-refractivity contribution in [3.8, 4) is 17.6 Å². The molecule has 0 aliphatic heterocycles. The van der Waals surface area contributed by atoms with Gasteiger partial charge in [-0.1, -0.05) is 23.7 Å². The first-order valence-corrected chi connectivity index (χ1v) is 9.31. The van der Waals surface area contributed by atoms with Crippen molar-refractivity contribution < 1.29 is 14.3 Å². The zero-order valence-electron chi connectivity index (χ0n) is 16.3. The predicted molar refractivity (Wildman–Crippen MR) is 112 cm³/mol. The van der Waals surface area contributed by atoms with Crippen molar-refractivity contribution in [3.05, 3.63) is 58.7 Å². The van der Waals surface area contributed by atoms with Crippen LogP contribution in [0.3, 0.4) is 0 Å². The van der Waals surface area contributed by atoms with E-state index < -0.39 is 11.8 Å². The van der Waals surface area contributed by atoms with Crippen LogP contribution in [-0.4, -0.2) is 25.1 Å². The summed E-state index contributed by atoms with van der Waals surface area (Å²) in [7, 11) is 3.04. The molecule has 6 nitrogen and oxygen atoms in total. The largest absolute Gasteiger partial charge is 0.497 e. The number of rotatable bonds is 6. The number of nitrogens with zero attached hydrogens (tertiary/aromatic N) is 2. The molecule has 1 heterocycles. The molecule has 1 atom stereocenters. The highest BCUT2D eigenvalue weighted by Gasteiger charge is 2.22. The molecule has 29 heavy (non-hydrogen) atoms. The number of benzene rings is 2. The van der Waals surface area contributed by atoms with Gasteiger partial charge in [-0.25, -0.2) is 4.98 Å². The molecule has 0 saturated heterocycles. The van der Waals surface area contributed by atoms with E-state index in [1.54, 1.807) is 25.3 Å². The predicted octanol–water partition coefficient (Wildman–Crippen LogP) is 4.53. The number of hydrogen-bond donors (Lipinski definition) is 1. The summed E-state index contributed by atoms with van der Waals surface area (Å²) < 4.78 is 10.4. The van der Waals surface area contributed by atoms with Crippen molar-refractivity contribution >= 4 is 34.1 Å². The molecular formula is C22H20ClN3O3. The standard InChI is InChI=1S/C22H20ClN3O3/c1-13-4-5-14-9-15(21(23)25-19(14)8-13)10-16(12-24)22(27)26-18-7-6-17(28-2)11-20(18)29-3/h4-9,11,16H,10H2,1-3H3,(H,26,27)/t16-/m1/s1. The Kier molecular flexibility index (Phi) is 6.20. The molecule has 7 heteroatoms. The molecule has 148 valence electrons. The Balaban J connectivity index is 1.82. The summed E-state index contributed by atoms with van der Waals surface area (Å²) in [4.78, 5) is 17.1. The molecule has 0 radical (unpaired) electrons. The van der Waals surface area contributed by atoms with Gasteiger partial charge in [0.05, 0.1) is 31.5 Å². The number of aryl methyl sites for hydroxylation is 1. The van der Waals surface area contributed by atoms with E-state index in [4.69, 9.17) is 21.1 Å². The first-order chi connectivity index (χ1) is 13.9. The Morgan fingerprint density at radius 1 is 1.21 bits per heavy atom. The smallest absolute Gasteiger partial charge is 0.242 e. The lowest BCUT2D eigenvalue weighted by atomic mass is 9.99. The van der Waals surface area contributed by atoms with E-state index in [0.717, 1.165) is 16.5 Å². The van der Waals surface area contributed by atoms with Crippen molar-refractivity contribution in [2.75, 3.05) is 19.5 Å². The van der Waals surface area contributed by atoms with Gasteiger partial charge in [-0.2, -0.15) is 5.26 Å². The number of amides is 1. The van der Waals surface area contributed by atoms with Gasteiger partial charge < -0.3 is 14.8 Å². The van der Waals surface area contributed by atoms with E-state index in [9.17, 15) is 10.1 Å². The van der Waals surface area contributed by atoms with Crippen LogP contribution < -0.4 is 14.8 Å². The van der Waals surface area contributed by atoms with E-state index in [2.05, 4.69) is 16.4 Å². The number of halogens is 1. The average molecular weight is 410 g/mol. The zero-order chi connectivity index (χ0) is 21.0. The number of nitrogens with one attached hydrogen (secondary N) is 1. The molecule has 1 aromatic heterocycles. The molecule has 0 saturated carbocycles. The van der Waals surface area contributed by atoms with Gasteiger partial charge >= 0.3 is 0 Å². The number of carbonyl (C=O) groups excluding carboxylic acids is 1. The molecule has 1 amide bonds. The summed E-state index contributed by atoms with van der Waals surface area (Å²) in [5.41, 5.74) is 2.96. The number of fused-ring (bicyclic) bond motifs is 1. The Hall–Kier alpha value is -3.30. The topological polar surface area (TPSA) is 84.2 Å². The number of aromatic nitrogens is 1. The fraction of sp³-hybridized carbons (Fsp3) is 0.227. The third-order valence-corrected chi connectivity index (χ3v) is 4.89. The van der Waals surface area contributed by atoms with Crippen LogP contribution in [-0.2, 0) is 11.2 Å². The fourth-order valence-electron chi connectivity index (χ4n) is 2.98. The lowest BCUT2D eigenvalue weighted by Gasteiger charge is -2.14. The minimum atomic E-state index is -0.941. The van der Waals surface area contributed by atoms with Crippen LogP contribution >= 0.6 is 11.6 Å². The Morgan fingerprint density at radius 2 is 2.00 bits per heavy atom. The molecule has 0 spiro atoms. The number of pyridine rings is 1. The average Bonchev–Trinajstić information content (AvgIpc) is 2.72. The van der Waals surface area contributed by atoms with E-state index in [1.807, 2.05) is 31.2 Å². The molecule has 0 unspecified atom stereocenters. The minimum absolute atomic E-state index is 0.149. The molecule has 0 aliphatic carbocycles. The molecule has 0 bridgehead atoms. The first kappa shape index (κ1) is 20.4. The van der Waals surface area contributed by atoms with Crippen LogP contribution in [0.5, 0.6) is 11.5 Å². The number of nitriles is 1. The van der Waals surface area contributed by atoms with Crippen molar-refractivity contribution in [1.29, 1.82) is 5.26 Å². The van der Waals surface area contributed by atoms with E-state index in [-0.39, 0.29) is 11.6 Å². The SMILES string of the molecule is COc1ccc(NC(=O)[C@@H](C#N)Cc2cc3ccc(C)cc3nc2Cl)c(OC)c1. The number of carbonyl (C=O) groups is 1. The van der Waals surface area contributed by atoms with E-state index in [1.165, 1.54) is 7.11 Å². The van der Waals surface area contributed by atoms with Gasteiger partial charge in [0.15, 0.2) is 0 Å². The molecule has 3 aromatic rings. The summed E-state index contributed by atoms with van der Waals surface area (Å²) in [6, 6.07) is 14.8. The van der Waals surface area contributed by atoms with Gasteiger partial charge in [0, 0.05) is 17.9 Å². The fourth-order valence-corrected chi connectivity index (χ4v) is 3.20. The molecule has 1 N–H and O–H groups in total. The highest BCUT2D eigenvalue weighted by atomic mass is 35.5. The summed E-state index contributed by atoms with van der Waals surface area (Å²) in [5.74, 6) is -0.351. The van der Waals surface area contributed by atoms with Crippen molar-refractivity contribution in [3.63, 3.8) is 0 Å². The van der Waals surface area contributed by atoms with Crippen LogP contribution in [0.25, 0.3) is 10.9 Å². The summed E-state index contributed by atoms with van der Waals surface area (Å²) in [6.07, 6.45) is 0.149. The van der Waals surface area contributed by atoms with E-state index >= 15 is 0 Å². The van der Waals surface area contributed by atoms with Crippen molar-refractivity contribution in [2.45, 2.75) is 13.3 Å². The molecular weight excluding hydrogens is 390 g/mol. The van der Waals surface area contributed by atoms with Gasteiger partial charge in [-0.3, -0.25) is 4.79 Å². The number of methoxy groups -OCH3 is 2. The molecule has 0 aliphatic rings. The van der Waals surface area contributed by atoms with Crippen LogP contribution in [0.15, 0.2) is 42.5 Å². The number of hydrogen-bond acceptors (Lipinski definition) is 5. The van der Waals surface area contributed by atoms with Gasteiger partial charge in [0.25, 0.3) is 0 Å². The lowest BCUT2D eigenvalue weighted by Crippen LogP contribution is -2.24. The highest BCUT2D eigenvalue weighted by Crippen LogP contribution is 2.30. The maximum Gasteiger partial charge on any atom is 0.242 e. The Morgan fingerprint density at radius 3 is 2.69 bits per heavy atom. The summed E-state index contributed by atoms with van der Waals surface area (Å²) >= 11 is 6.32. The molecule has 0 fully saturated rings. The van der Waals surface area contributed by atoms with Gasteiger partial charge in [0.1, 0.15) is 22.6 Å². The second-order valence-corrected chi connectivity index (χ2v) is 6.93. The van der Waals surface area contributed by atoms with Crippen LogP contribution in [0, 0.1) is 24.2 Å². The Bertz CT molecular complexity index is 1110. The van der Waals surface area contributed by atoms with Crippen LogP contribution in [0.2, 0.25) is 5.15 Å². The Labute approximate surface area is 174 Å². The normalized spacial score (nSPS) is 11.6. The van der Waals surface area contributed by atoms with Crippen molar-refractivity contribution in [1.82, 2.24) is 4.98 Å². The summed E-state index contributed by atoms with van der Waals surface area (Å²) in [5, 5.41) is 13.5. The number of anilines is 1. The van der Waals surface area contributed by atoms with Crippen molar-refractivity contribution in [2.24, 2.45) is 5.92 Å². The van der Waals surface area contributed by atoms with Crippen LogP contribution in [0.1, 0.15) is 11.1 Å². The van der Waals surface area contributed by atoms with Crippen LogP contribution in [0.4, 0.5) is 5.69 Å². The van der Waals surface area contributed by atoms with Gasteiger partial charge in [-0.15, -0.1) is 0 Å². The second kappa shape index (κ2) is 8.80. The maximum atomic E-state index is 12.7.